The number of rotatable bonds is 3. The van der Waals surface area contributed by atoms with E-state index in [1.165, 1.54) is 0 Å². The zero-order valence-electron chi connectivity index (χ0n) is 10.9. The van der Waals surface area contributed by atoms with Crippen molar-refractivity contribution in [1.29, 1.82) is 0 Å². The van der Waals surface area contributed by atoms with Crippen LogP contribution in [-0.4, -0.2) is 23.8 Å². The van der Waals surface area contributed by atoms with Gasteiger partial charge in [-0.3, -0.25) is 0 Å². The van der Waals surface area contributed by atoms with Crippen LogP contribution < -0.4 is 9.47 Å². The van der Waals surface area contributed by atoms with Crippen molar-refractivity contribution in [2.75, 3.05) is 6.61 Å². The first-order chi connectivity index (χ1) is 9.72. The van der Waals surface area contributed by atoms with E-state index in [2.05, 4.69) is 5.16 Å². The number of aromatic nitrogens is 1. The molecule has 20 heavy (non-hydrogen) atoms. The molecule has 2 aromatic rings. The maximum absolute atomic E-state index is 11.9. The van der Waals surface area contributed by atoms with Gasteiger partial charge in [-0.15, -0.1) is 0 Å². The van der Waals surface area contributed by atoms with Crippen LogP contribution in [0.25, 0.3) is 0 Å². The zero-order valence-corrected chi connectivity index (χ0v) is 10.9. The Kier molecular flexibility index (Phi) is 3.28. The van der Waals surface area contributed by atoms with Gasteiger partial charge >= 0.3 is 5.97 Å². The van der Waals surface area contributed by atoms with Crippen LogP contribution in [0.1, 0.15) is 11.5 Å². The van der Waals surface area contributed by atoms with Crippen LogP contribution in [0.2, 0.25) is 0 Å². The molecule has 0 saturated heterocycles. The van der Waals surface area contributed by atoms with E-state index in [1.807, 2.05) is 12.1 Å². The summed E-state index contributed by atoms with van der Waals surface area (Å²) in [5, 5.41) is 3.74. The lowest BCUT2D eigenvalue weighted by Crippen LogP contribution is -2.37. The van der Waals surface area contributed by atoms with Crippen molar-refractivity contribution in [3.63, 3.8) is 0 Å². The monoisotopic (exact) mass is 275 g/mol. The standard InChI is InChI=1S/C14H13NO5/c1-9-6-10(15-20-9)7-18-14(16)13-8-17-11-4-2-3-5-12(11)19-13/h2-6,13H,7-8H2,1H3/t13-/m0/s1. The second-order valence-electron chi connectivity index (χ2n) is 4.40. The summed E-state index contributed by atoms with van der Waals surface area (Å²) in [7, 11) is 0. The highest BCUT2D eigenvalue weighted by Crippen LogP contribution is 2.31. The predicted octanol–water partition coefficient (Wildman–Crippen LogP) is 1.87. The maximum Gasteiger partial charge on any atom is 0.351 e. The fourth-order valence-electron chi connectivity index (χ4n) is 1.86. The molecule has 0 amide bonds. The van der Waals surface area contributed by atoms with E-state index in [1.54, 1.807) is 25.1 Å². The van der Waals surface area contributed by atoms with Crippen molar-refractivity contribution in [3.8, 4) is 11.5 Å². The van der Waals surface area contributed by atoms with Crippen molar-refractivity contribution in [2.45, 2.75) is 19.6 Å². The third-order valence-electron chi connectivity index (χ3n) is 2.81. The maximum atomic E-state index is 11.9. The van der Waals surface area contributed by atoms with Crippen LogP contribution in [0.3, 0.4) is 0 Å². The number of hydrogen-bond donors (Lipinski definition) is 0. The van der Waals surface area contributed by atoms with Crippen LogP contribution in [0.4, 0.5) is 0 Å². The Hall–Kier alpha value is -2.50. The van der Waals surface area contributed by atoms with Crippen molar-refractivity contribution < 1.29 is 23.5 Å². The molecule has 1 aromatic heterocycles. The normalized spacial score (nSPS) is 16.8. The van der Waals surface area contributed by atoms with Crippen molar-refractivity contribution in [2.24, 2.45) is 0 Å². The molecule has 1 aliphatic heterocycles. The average Bonchev–Trinajstić information content (AvgIpc) is 2.90. The summed E-state index contributed by atoms with van der Waals surface area (Å²) in [4.78, 5) is 11.9. The Balaban J connectivity index is 1.59. The van der Waals surface area contributed by atoms with Gasteiger partial charge in [-0.2, -0.15) is 0 Å². The molecule has 0 saturated carbocycles. The first-order valence-corrected chi connectivity index (χ1v) is 6.20. The lowest BCUT2D eigenvalue weighted by molar-refractivity contribution is -0.156. The topological polar surface area (TPSA) is 70.8 Å². The fraction of sp³-hybridized carbons (Fsp3) is 0.286. The summed E-state index contributed by atoms with van der Waals surface area (Å²) in [6, 6.07) is 8.90. The lowest BCUT2D eigenvalue weighted by atomic mass is 10.2. The highest BCUT2D eigenvalue weighted by atomic mass is 16.6. The molecule has 0 N–H and O–H groups in total. The minimum absolute atomic E-state index is 0.0533. The third kappa shape index (κ3) is 2.59. The van der Waals surface area contributed by atoms with E-state index in [4.69, 9.17) is 18.7 Å². The third-order valence-corrected chi connectivity index (χ3v) is 2.81. The quantitative estimate of drug-likeness (QED) is 0.796. The Bertz CT molecular complexity index is 622. The summed E-state index contributed by atoms with van der Waals surface area (Å²) >= 11 is 0. The molecule has 104 valence electrons. The first kappa shape index (κ1) is 12.5. The minimum Gasteiger partial charge on any atom is -0.485 e. The molecule has 1 atom stereocenters. The van der Waals surface area contributed by atoms with Gasteiger partial charge in [0.2, 0.25) is 6.10 Å². The highest BCUT2D eigenvalue weighted by Gasteiger charge is 2.28. The number of ether oxygens (including phenoxy) is 3. The van der Waals surface area contributed by atoms with Gasteiger partial charge < -0.3 is 18.7 Å². The molecule has 0 radical (unpaired) electrons. The molecule has 6 heteroatoms. The van der Waals surface area contributed by atoms with Gasteiger partial charge in [0.15, 0.2) is 11.5 Å². The van der Waals surface area contributed by atoms with Crippen LogP contribution in [0.5, 0.6) is 11.5 Å². The summed E-state index contributed by atoms with van der Waals surface area (Å²) < 4.78 is 21.0. The number of carbonyl (C=O) groups is 1. The SMILES string of the molecule is Cc1cc(COC(=O)[C@@H]2COc3ccccc3O2)no1. The van der Waals surface area contributed by atoms with Crippen LogP contribution in [-0.2, 0) is 16.1 Å². The fourth-order valence-corrected chi connectivity index (χ4v) is 1.86. The number of hydrogen-bond acceptors (Lipinski definition) is 6. The van der Waals surface area contributed by atoms with E-state index in [-0.39, 0.29) is 13.2 Å². The second-order valence-corrected chi connectivity index (χ2v) is 4.40. The number of esters is 1. The molecule has 0 aliphatic carbocycles. The van der Waals surface area contributed by atoms with Crippen LogP contribution in [0.15, 0.2) is 34.9 Å². The molecule has 6 nitrogen and oxygen atoms in total. The van der Waals surface area contributed by atoms with Gasteiger partial charge in [0.1, 0.15) is 24.7 Å². The van der Waals surface area contributed by atoms with Gasteiger partial charge in [-0.25, -0.2) is 4.79 Å². The minimum atomic E-state index is -0.766. The molecule has 0 spiro atoms. The molecule has 0 bridgehead atoms. The molecule has 1 aromatic carbocycles. The van der Waals surface area contributed by atoms with Gasteiger partial charge in [-0.05, 0) is 19.1 Å². The van der Waals surface area contributed by atoms with E-state index >= 15 is 0 Å². The molecule has 1 aliphatic rings. The number of nitrogens with zero attached hydrogens (tertiary/aromatic N) is 1. The summed E-state index contributed by atoms with van der Waals surface area (Å²) in [5.41, 5.74) is 0.563. The van der Waals surface area contributed by atoms with E-state index < -0.39 is 12.1 Å². The predicted molar refractivity (Wildman–Crippen MR) is 67.4 cm³/mol. The molecular formula is C14H13NO5. The number of para-hydroxylation sites is 2. The number of fused-ring (bicyclic) bond motifs is 1. The Labute approximate surface area is 115 Å². The van der Waals surface area contributed by atoms with E-state index in [0.717, 1.165) is 0 Å². The largest absolute Gasteiger partial charge is 0.485 e. The van der Waals surface area contributed by atoms with Gasteiger partial charge in [-0.1, -0.05) is 17.3 Å². The highest BCUT2D eigenvalue weighted by molar-refractivity contribution is 5.75. The molecule has 3 rings (SSSR count). The number of benzene rings is 1. The van der Waals surface area contributed by atoms with Crippen molar-refractivity contribution in [1.82, 2.24) is 5.16 Å². The molecule has 0 fully saturated rings. The van der Waals surface area contributed by atoms with Gasteiger partial charge in [0.05, 0.1) is 0 Å². The second kappa shape index (κ2) is 5.24. The van der Waals surface area contributed by atoms with Crippen LogP contribution in [0, 0.1) is 6.92 Å². The number of aryl methyl sites for hydroxylation is 1. The number of carbonyl (C=O) groups excluding carboxylic acids is 1. The van der Waals surface area contributed by atoms with E-state index in [9.17, 15) is 4.79 Å². The van der Waals surface area contributed by atoms with E-state index in [0.29, 0.717) is 23.0 Å². The van der Waals surface area contributed by atoms with Gasteiger partial charge in [0.25, 0.3) is 0 Å². The smallest absolute Gasteiger partial charge is 0.351 e. The zero-order chi connectivity index (χ0) is 13.9. The Morgan fingerprint density at radius 1 is 1.40 bits per heavy atom. The Morgan fingerprint density at radius 3 is 2.95 bits per heavy atom. The molecular weight excluding hydrogens is 262 g/mol. The summed E-state index contributed by atoms with van der Waals surface area (Å²) in [6.45, 7) is 1.96. The summed E-state index contributed by atoms with van der Waals surface area (Å²) in [5.74, 6) is 1.35. The van der Waals surface area contributed by atoms with Crippen LogP contribution >= 0.6 is 0 Å². The lowest BCUT2D eigenvalue weighted by Gasteiger charge is -2.24. The average molecular weight is 275 g/mol. The summed E-state index contributed by atoms with van der Waals surface area (Å²) in [6.07, 6.45) is -0.766. The first-order valence-electron chi connectivity index (χ1n) is 6.20. The van der Waals surface area contributed by atoms with Crippen molar-refractivity contribution in [3.05, 3.63) is 41.8 Å². The van der Waals surface area contributed by atoms with Gasteiger partial charge in [0, 0.05) is 6.07 Å². The Morgan fingerprint density at radius 2 is 2.20 bits per heavy atom. The molecule has 2 heterocycles. The molecule has 0 unspecified atom stereocenters. The van der Waals surface area contributed by atoms with Crippen molar-refractivity contribution >= 4 is 5.97 Å².